The number of hydrogen-bond donors (Lipinski definition) is 1. The first-order valence-corrected chi connectivity index (χ1v) is 7.70. The number of halogens is 1. The molecule has 2 aromatic rings. The van der Waals surface area contributed by atoms with Crippen molar-refractivity contribution >= 4 is 34.6 Å². The lowest BCUT2D eigenvalue weighted by molar-refractivity contribution is 0.0602. The third-order valence-corrected chi connectivity index (χ3v) is 4.58. The van der Waals surface area contributed by atoms with Crippen molar-refractivity contribution in [2.75, 3.05) is 12.4 Å². The van der Waals surface area contributed by atoms with E-state index in [1.54, 1.807) is 29.5 Å². The summed E-state index contributed by atoms with van der Waals surface area (Å²) in [6.07, 6.45) is 0. The van der Waals surface area contributed by atoms with Gasteiger partial charge in [0.05, 0.1) is 35.1 Å². The molecule has 6 heteroatoms. The largest absolute Gasteiger partial charge is 0.465 e. The van der Waals surface area contributed by atoms with Crippen LogP contribution in [-0.2, 0) is 4.74 Å². The Morgan fingerprint density at radius 3 is 2.71 bits per heavy atom. The Bertz CT molecular complexity index is 670. The highest BCUT2D eigenvalue weighted by atomic mass is 35.5. The van der Waals surface area contributed by atoms with E-state index in [0.717, 1.165) is 15.6 Å². The van der Waals surface area contributed by atoms with Crippen LogP contribution < -0.4 is 5.32 Å². The highest BCUT2D eigenvalue weighted by molar-refractivity contribution is 7.11. The van der Waals surface area contributed by atoms with Crippen LogP contribution >= 0.6 is 22.9 Å². The van der Waals surface area contributed by atoms with Crippen LogP contribution in [0.15, 0.2) is 18.2 Å². The summed E-state index contributed by atoms with van der Waals surface area (Å²) in [4.78, 5) is 17.4. The highest BCUT2D eigenvalue weighted by Crippen LogP contribution is 2.30. The van der Waals surface area contributed by atoms with Crippen molar-refractivity contribution in [3.05, 3.63) is 44.4 Å². The molecule has 0 amide bonds. The third-order valence-electron chi connectivity index (χ3n) is 3.09. The molecular formula is C15H17ClN2O2S. The molecule has 0 radical (unpaired) electrons. The number of aryl methyl sites for hydroxylation is 2. The van der Waals surface area contributed by atoms with Crippen molar-refractivity contribution in [1.82, 2.24) is 4.98 Å². The van der Waals surface area contributed by atoms with Crippen molar-refractivity contribution in [3.8, 4) is 0 Å². The van der Waals surface area contributed by atoms with E-state index in [0.29, 0.717) is 16.3 Å². The Morgan fingerprint density at radius 2 is 2.14 bits per heavy atom. The first-order chi connectivity index (χ1) is 9.92. The molecule has 21 heavy (non-hydrogen) atoms. The zero-order valence-electron chi connectivity index (χ0n) is 12.4. The lowest BCUT2D eigenvalue weighted by atomic mass is 10.1. The average molecular weight is 325 g/mol. The minimum Gasteiger partial charge on any atom is -0.465 e. The van der Waals surface area contributed by atoms with Gasteiger partial charge >= 0.3 is 5.97 Å². The summed E-state index contributed by atoms with van der Waals surface area (Å²) in [6, 6.07) is 5.09. The Balaban J connectivity index is 2.32. The smallest absolute Gasteiger partial charge is 0.339 e. The third kappa shape index (κ3) is 3.54. The monoisotopic (exact) mass is 324 g/mol. The molecule has 1 heterocycles. The van der Waals surface area contributed by atoms with Crippen molar-refractivity contribution in [1.29, 1.82) is 0 Å². The van der Waals surface area contributed by atoms with Gasteiger partial charge in [-0.05, 0) is 39.0 Å². The number of carbonyl (C=O) groups is 1. The number of benzene rings is 1. The normalized spacial score (nSPS) is 12.0. The van der Waals surface area contributed by atoms with Gasteiger partial charge in [0, 0.05) is 9.90 Å². The summed E-state index contributed by atoms with van der Waals surface area (Å²) < 4.78 is 4.80. The molecule has 0 fully saturated rings. The summed E-state index contributed by atoms with van der Waals surface area (Å²) in [5.41, 5.74) is 2.12. The summed E-state index contributed by atoms with van der Waals surface area (Å²) in [5, 5.41) is 4.91. The predicted octanol–water partition coefficient (Wildman–Crippen LogP) is 4.37. The second-order valence-electron chi connectivity index (χ2n) is 4.73. The van der Waals surface area contributed by atoms with E-state index in [-0.39, 0.29) is 6.04 Å². The number of carbonyl (C=O) groups excluding carboxylic acids is 1. The van der Waals surface area contributed by atoms with Gasteiger partial charge < -0.3 is 10.1 Å². The van der Waals surface area contributed by atoms with Crippen molar-refractivity contribution in [2.45, 2.75) is 26.8 Å². The van der Waals surface area contributed by atoms with Gasteiger partial charge in [-0.25, -0.2) is 9.78 Å². The molecule has 0 saturated carbocycles. The Morgan fingerprint density at radius 1 is 1.43 bits per heavy atom. The fraction of sp³-hybridized carbons (Fsp3) is 0.333. The van der Waals surface area contributed by atoms with Gasteiger partial charge in [0.2, 0.25) is 0 Å². The minimum absolute atomic E-state index is 0.0260. The quantitative estimate of drug-likeness (QED) is 0.848. The number of esters is 1. The van der Waals surface area contributed by atoms with Gasteiger partial charge in [0.15, 0.2) is 0 Å². The second-order valence-corrected chi connectivity index (χ2v) is 6.40. The minimum atomic E-state index is -0.390. The number of hydrogen-bond acceptors (Lipinski definition) is 5. The molecule has 1 aromatic heterocycles. The van der Waals surface area contributed by atoms with E-state index in [4.69, 9.17) is 16.3 Å². The molecule has 0 bridgehead atoms. The van der Waals surface area contributed by atoms with E-state index in [9.17, 15) is 4.79 Å². The molecule has 1 N–H and O–H groups in total. The van der Waals surface area contributed by atoms with Crippen LogP contribution in [0, 0.1) is 13.8 Å². The molecular weight excluding hydrogens is 308 g/mol. The van der Waals surface area contributed by atoms with Crippen LogP contribution in [0.2, 0.25) is 5.02 Å². The van der Waals surface area contributed by atoms with Crippen LogP contribution in [0.3, 0.4) is 0 Å². The fourth-order valence-corrected chi connectivity index (χ4v) is 3.27. The number of rotatable bonds is 4. The molecule has 4 nitrogen and oxygen atoms in total. The number of anilines is 1. The van der Waals surface area contributed by atoms with Crippen molar-refractivity contribution in [2.24, 2.45) is 0 Å². The molecule has 0 spiro atoms. The van der Waals surface area contributed by atoms with Crippen LogP contribution in [0.1, 0.15) is 38.9 Å². The molecule has 2 rings (SSSR count). The lowest BCUT2D eigenvalue weighted by Crippen LogP contribution is -2.11. The SMILES string of the molecule is COC(=O)c1ccc(Cl)cc1NC(C)c1sc(C)nc1C. The Kier molecular flexibility index (Phi) is 4.85. The standard InChI is InChI=1S/C15H17ClN2O2S/c1-8-14(21-10(3)17-8)9(2)18-13-7-11(16)5-6-12(13)15(19)20-4/h5-7,9,18H,1-4H3. The van der Waals surface area contributed by atoms with Gasteiger partial charge in [-0.1, -0.05) is 11.6 Å². The first-order valence-electron chi connectivity index (χ1n) is 6.50. The number of methoxy groups -OCH3 is 1. The Labute approximate surface area is 133 Å². The van der Waals surface area contributed by atoms with Gasteiger partial charge in [-0.3, -0.25) is 0 Å². The lowest BCUT2D eigenvalue weighted by Gasteiger charge is -2.17. The van der Waals surface area contributed by atoms with Crippen LogP contribution in [0.4, 0.5) is 5.69 Å². The van der Waals surface area contributed by atoms with Crippen molar-refractivity contribution < 1.29 is 9.53 Å². The summed E-state index contributed by atoms with van der Waals surface area (Å²) in [5.74, 6) is -0.390. The van der Waals surface area contributed by atoms with Gasteiger partial charge in [-0.2, -0.15) is 0 Å². The molecule has 0 aliphatic rings. The van der Waals surface area contributed by atoms with Gasteiger partial charge in [0.1, 0.15) is 0 Å². The highest BCUT2D eigenvalue weighted by Gasteiger charge is 2.17. The Hall–Kier alpha value is -1.59. The number of thiazole rings is 1. The zero-order valence-corrected chi connectivity index (χ0v) is 13.9. The molecule has 0 aliphatic heterocycles. The second kappa shape index (κ2) is 6.45. The van der Waals surface area contributed by atoms with Gasteiger partial charge in [0.25, 0.3) is 0 Å². The molecule has 1 unspecified atom stereocenters. The number of nitrogens with zero attached hydrogens (tertiary/aromatic N) is 1. The zero-order chi connectivity index (χ0) is 15.6. The molecule has 112 valence electrons. The van der Waals surface area contributed by atoms with Gasteiger partial charge in [-0.15, -0.1) is 11.3 Å². The topological polar surface area (TPSA) is 51.2 Å². The van der Waals surface area contributed by atoms with E-state index in [2.05, 4.69) is 10.3 Å². The van der Waals surface area contributed by atoms with E-state index in [1.807, 2.05) is 20.8 Å². The summed E-state index contributed by atoms with van der Waals surface area (Å²) in [7, 11) is 1.36. The maximum atomic E-state index is 11.8. The predicted molar refractivity (Wildman–Crippen MR) is 86.4 cm³/mol. The fourth-order valence-electron chi connectivity index (χ4n) is 2.17. The molecule has 1 aromatic carbocycles. The van der Waals surface area contributed by atoms with Crippen LogP contribution in [0.25, 0.3) is 0 Å². The average Bonchev–Trinajstić information content (AvgIpc) is 2.77. The summed E-state index contributed by atoms with van der Waals surface area (Å²) in [6.45, 7) is 5.99. The van der Waals surface area contributed by atoms with E-state index in [1.165, 1.54) is 7.11 Å². The van der Waals surface area contributed by atoms with Crippen LogP contribution in [0.5, 0.6) is 0 Å². The number of ether oxygens (including phenoxy) is 1. The maximum Gasteiger partial charge on any atom is 0.339 e. The molecule has 0 saturated heterocycles. The number of nitrogens with one attached hydrogen (secondary N) is 1. The molecule has 1 atom stereocenters. The van der Waals surface area contributed by atoms with Crippen molar-refractivity contribution in [3.63, 3.8) is 0 Å². The number of aromatic nitrogens is 1. The van der Waals surface area contributed by atoms with E-state index < -0.39 is 5.97 Å². The van der Waals surface area contributed by atoms with E-state index >= 15 is 0 Å². The molecule has 0 aliphatic carbocycles. The van der Waals surface area contributed by atoms with Crippen LogP contribution in [-0.4, -0.2) is 18.1 Å². The summed E-state index contributed by atoms with van der Waals surface area (Å²) >= 11 is 7.67. The first kappa shape index (κ1) is 15.8. The maximum absolute atomic E-state index is 11.8.